The average Bonchev–Trinajstić information content (AvgIpc) is 2.77. The Hall–Kier alpha value is -1.60. The van der Waals surface area contributed by atoms with Gasteiger partial charge in [-0.25, -0.2) is 9.97 Å². The third-order valence-electron chi connectivity index (χ3n) is 2.75. The molecule has 0 aliphatic heterocycles. The maximum Gasteiger partial charge on any atom is 0.249 e. The fourth-order valence-electron chi connectivity index (χ4n) is 1.67. The Morgan fingerprint density at radius 3 is 2.55 bits per heavy atom. The number of ketones is 1. The summed E-state index contributed by atoms with van der Waals surface area (Å²) >= 11 is 3.36. The molecule has 0 radical (unpaired) electrons. The Bertz CT molecular complexity index is 606. The van der Waals surface area contributed by atoms with Crippen molar-refractivity contribution in [3.8, 4) is 0 Å². The smallest absolute Gasteiger partial charge is 0.249 e. The standard InChI is InChI=1S/C13H16BrN5O/c1-9-6-15-13(16-7-9)12(20)11-10(14)8-17-19(11)5-4-18(2)3/h6-8H,4-5H2,1-3H3. The van der Waals surface area contributed by atoms with Crippen molar-refractivity contribution in [1.29, 1.82) is 0 Å². The van der Waals surface area contributed by atoms with E-state index in [1.165, 1.54) is 0 Å². The fourth-order valence-corrected chi connectivity index (χ4v) is 2.14. The van der Waals surface area contributed by atoms with Gasteiger partial charge in [-0.1, -0.05) is 0 Å². The summed E-state index contributed by atoms with van der Waals surface area (Å²) in [5, 5.41) is 4.22. The largest absolute Gasteiger partial charge is 0.308 e. The molecule has 0 amide bonds. The molecule has 2 heterocycles. The molecule has 0 atom stereocenters. The highest BCUT2D eigenvalue weighted by molar-refractivity contribution is 9.10. The lowest BCUT2D eigenvalue weighted by Crippen LogP contribution is -2.22. The number of hydrogen-bond acceptors (Lipinski definition) is 5. The molecular formula is C13H16BrN5O. The molecule has 20 heavy (non-hydrogen) atoms. The topological polar surface area (TPSA) is 63.9 Å². The normalized spacial score (nSPS) is 11.1. The van der Waals surface area contributed by atoms with E-state index >= 15 is 0 Å². The maximum atomic E-state index is 12.5. The molecule has 106 valence electrons. The zero-order valence-corrected chi connectivity index (χ0v) is 13.3. The Balaban J connectivity index is 2.29. The second-order valence-electron chi connectivity index (χ2n) is 4.78. The van der Waals surface area contributed by atoms with Crippen molar-refractivity contribution in [2.45, 2.75) is 13.5 Å². The molecule has 0 N–H and O–H groups in total. The zero-order valence-electron chi connectivity index (χ0n) is 11.7. The number of nitrogens with zero attached hydrogens (tertiary/aromatic N) is 5. The highest BCUT2D eigenvalue weighted by Gasteiger charge is 2.21. The number of aromatic nitrogens is 4. The van der Waals surface area contributed by atoms with Crippen LogP contribution in [0.15, 0.2) is 23.1 Å². The van der Waals surface area contributed by atoms with Gasteiger partial charge in [-0.15, -0.1) is 0 Å². The predicted molar refractivity (Wildman–Crippen MR) is 78.7 cm³/mol. The van der Waals surface area contributed by atoms with Crippen molar-refractivity contribution in [1.82, 2.24) is 24.6 Å². The van der Waals surface area contributed by atoms with E-state index in [0.29, 0.717) is 16.7 Å². The van der Waals surface area contributed by atoms with Gasteiger partial charge in [0.1, 0.15) is 5.69 Å². The van der Waals surface area contributed by atoms with Crippen LogP contribution in [0.5, 0.6) is 0 Å². The Labute approximate surface area is 126 Å². The minimum Gasteiger partial charge on any atom is -0.308 e. The minimum absolute atomic E-state index is 0.183. The molecule has 0 bridgehead atoms. The van der Waals surface area contributed by atoms with E-state index in [9.17, 15) is 4.79 Å². The number of aryl methyl sites for hydroxylation is 1. The minimum atomic E-state index is -0.229. The number of halogens is 1. The van der Waals surface area contributed by atoms with Gasteiger partial charge in [-0.3, -0.25) is 9.48 Å². The van der Waals surface area contributed by atoms with Crippen molar-refractivity contribution in [3.05, 3.63) is 40.1 Å². The Morgan fingerprint density at radius 1 is 1.30 bits per heavy atom. The van der Waals surface area contributed by atoms with Crippen LogP contribution >= 0.6 is 15.9 Å². The summed E-state index contributed by atoms with van der Waals surface area (Å²) in [5.74, 6) is -0.0453. The third-order valence-corrected chi connectivity index (χ3v) is 3.33. The van der Waals surface area contributed by atoms with E-state index in [0.717, 1.165) is 12.1 Å². The number of hydrogen-bond donors (Lipinski definition) is 0. The van der Waals surface area contributed by atoms with Gasteiger partial charge < -0.3 is 4.90 Å². The molecule has 0 saturated heterocycles. The highest BCUT2D eigenvalue weighted by Crippen LogP contribution is 2.18. The van der Waals surface area contributed by atoms with Gasteiger partial charge in [0.15, 0.2) is 0 Å². The van der Waals surface area contributed by atoms with Gasteiger partial charge >= 0.3 is 0 Å². The molecule has 7 heteroatoms. The van der Waals surface area contributed by atoms with Gasteiger partial charge in [0.05, 0.1) is 17.2 Å². The van der Waals surface area contributed by atoms with E-state index in [1.807, 2.05) is 25.9 Å². The summed E-state index contributed by atoms with van der Waals surface area (Å²) in [6.07, 6.45) is 4.89. The van der Waals surface area contributed by atoms with Crippen molar-refractivity contribution in [2.24, 2.45) is 0 Å². The second-order valence-corrected chi connectivity index (χ2v) is 5.64. The van der Waals surface area contributed by atoms with E-state index in [-0.39, 0.29) is 11.6 Å². The number of carbonyl (C=O) groups is 1. The molecule has 0 aliphatic carbocycles. The van der Waals surface area contributed by atoms with Gasteiger partial charge in [-0.2, -0.15) is 5.10 Å². The molecule has 6 nitrogen and oxygen atoms in total. The molecule has 0 aliphatic rings. The number of carbonyl (C=O) groups excluding carboxylic acids is 1. The summed E-state index contributed by atoms with van der Waals surface area (Å²) in [7, 11) is 3.95. The van der Waals surface area contributed by atoms with Crippen molar-refractivity contribution < 1.29 is 4.79 Å². The van der Waals surface area contributed by atoms with Gasteiger partial charge in [0.25, 0.3) is 0 Å². The van der Waals surface area contributed by atoms with E-state index < -0.39 is 0 Å². The SMILES string of the molecule is Cc1cnc(C(=O)c2c(Br)cnn2CCN(C)C)nc1. The zero-order chi connectivity index (χ0) is 14.7. The second kappa shape index (κ2) is 6.23. The summed E-state index contributed by atoms with van der Waals surface area (Å²) in [5.41, 5.74) is 1.40. The first-order valence-corrected chi connectivity index (χ1v) is 6.97. The van der Waals surface area contributed by atoms with Crippen molar-refractivity contribution in [2.75, 3.05) is 20.6 Å². The van der Waals surface area contributed by atoms with Crippen LogP contribution < -0.4 is 0 Å². The molecule has 0 fully saturated rings. The van der Waals surface area contributed by atoms with Crippen LogP contribution in [0, 0.1) is 6.92 Å². The predicted octanol–water partition coefficient (Wildman–Crippen LogP) is 1.54. The molecule has 0 unspecified atom stereocenters. The van der Waals surface area contributed by atoms with Gasteiger partial charge in [0.2, 0.25) is 11.6 Å². The van der Waals surface area contributed by atoms with Gasteiger partial charge in [-0.05, 0) is 42.5 Å². The number of likely N-dealkylation sites (N-methyl/N-ethyl adjacent to an activating group) is 1. The molecule has 0 saturated carbocycles. The molecular weight excluding hydrogens is 322 g/mol. The van der Waals surface area contributed by atoms with E-state index in [4.69, 9.17) is 0 Å². The first kappa shape index (κ1) is 14.8. The number of rotatable bonds is 5. The van der Waals surface area contributed by atoms with Crippen LogP contribution in [0.4, 0.5) is 0 Å². The third kappa shape index (κ3) is 3.29. The van der Waals surface area contributed by atoms with Crippen LogP contribution in [-0.2, 0) is 6.54 Å². The lowest BCUT2D eigenvalue weighted by atomic mass is 10.2. The quantitative estimate of drug-likeness (QED) is 0.774. The molecule has 0 spiro atoms. The lowest BCUT2D eigenvalue weighted by molar-refractivity contribution is 0.101. The highest BCUT2D eigenvalue weighted by atomic mass is 79.9. The van der Waals surface area contributed by atoms with E-state index in [2.05, 4.69) is 31.0 Å². The van der Waals surface area contributed by atoms with Gasteiger partial charge in [0, 0.05) is 18.9 Å². The first-order chi connectivity index (χ1) is 9.49. The van der Waals surface area contributed by atoms with Crippen LogP contribution in [-0.4, -0.2) is 51.1 Å². The van der Waals surface area contributed by atoms with Crippen LogP contribution in [0.3, 0.4) is 0 Å². The maximum absolute atomic E-state index is 12.5. The van der Waals surface area contributed by atoms with Crippen LogP contribution in [0.2, 0.25) is 0 Å². The summed E-state index contributed by atoms with van der Waals surface area (Å²) in [6.45, 7) is 3.31. The lowest BCUT2D eigenvalue weighted by Gasteiger charge is -2.11. The summed E-state index contributed by atoms with van der Waals surface area (Å²) in [4.78, 5) is 22.7. The first-order valence-electron chi connectivity index (χ1n) is 6.18. The molecule has 2 aromatic heterocycles. The average molecular weight is 338 g/mol. The Kier molecular flexibility index (Phi) is 4.61. The summed E-state index contributed by atoms with van der Waals surface area (Å²) in [6, 6.07) is 0. The fraction of sp³-hybridized carbons (Fsp3) is 0.385. The molecule has 2 rings (SSSR count). The van der Waals surface area contributed by atoms with Crippen molar-refractivity contribution >= 4 is 21.7 Å². The van der Waals surface area contributed by atoms with Crippen LogP contribution in [0.25, 0.3) is 0 Å². The van der Waals surface area contributed by atoms with Crippen LogP contribution in [0.1, 0.15) is 21.9 Å². The Morgan fingerprint density at radius 2 is 1.95 bits per heavy atom. The van der Waals surface area contributed by atoms with Crippen molar-refractivity contribution in [3.63, 3.8) is 0 Å². The van der Waals surface area contributed by atoms with E-state index in [1.54, 1.807) is 23.3 Å². The molecule has 2 aromatic rings. The molecule has 0 aromatic carbocycles. The monoisotopic (exact) mass is 337 g/mol. The summed E-state index contributed by atoms with van der Waals surface area (Å²) < 4.78 is 2.33.